The Hall–Kier alpha value is -3.33. The van der Waals surface area contributed by atoms with Gasteiger partial charge in [0.2, 0.25) is 5.91 Å². The Morgan fingerprint density at radius 3 is 2.32 bits per heavy atom. The van der Waals surface area contributed by atoms with Crippen LogP contribution in [0.3, 0.4) is 0 Å². The van der Waals surface area contributed by atoms with Crippen LogP contribution in [-0.4, -0.2) is 28.5 Å². The van der Waals surface area contributed by atoms with Crippen molar-refractivity contribution in [1.29, 1.82) is 0 Å². The summed E-state index contributed by atoms with van der Waals surface area (Å²) in [4.78, 5) is 44.3. The molecule has 2 amide bonds. The fourth-order valence-corrected chi connectivity index (χ4v) is 7.35. The molecule has 3 heterocycles. The fraction of sp³-hybridized carbons (Fsp3) is 0.179. The molecule has 5 nitrogen and oxygen atoms in total. The number of ketones is 1. The summed E-state index contributed by atoms with van der Waals surface area (Å²) in [5, 5.41) is 4.14. The van der Waals surface area contributed by atoms with Crippen molar-refractivity contribution in [2.24, 2.45) is 11.7 Å². The summed E-state index contributed by atoms with van der Waals surface area (Å²) in [5.41, 5.74) is 7.31. The van der Waals surface area contributed by atoms with E-state index in [9.17, 15) is 18.8 Å². The summed E-state index contributed by atoms with van der Waals surface area (Å²) in [5.74, 6) is -3.66. The van der Waals surface area contributed by atoms with Crippen LogP contribution in [0, 0.1) is 18.7 Å². The van der Waals surface area contributed by atoms with Gasteiger partial charge in [0.1, 0.15) is 11.9 Å². The molecule has 1 saturated heterocycles. The summed E-state index contributed by atoms with van der Waals surface area (Å²) in [6.07, 6.45) is 0. The summed E-state index contributed by atoms with van der Waals surface area (Å²) >= 11 is 9.02. The number of nitrogens with zero attached hydrogens (tertiary/aromatic N) is 1. The minimum absolute atomic E-state index is 0.0752. The Bertz CT molecular complexity index is 1490. The van der Waals surface area contributed by atoms with Crippen molar-refractivity contribution < 1.29 is 18.8 Å². The smallest absolute Gasteiger partial charge is 0.255 e. The molecule has 0 aliphatic carbocycles. The number of carbonyl (C=O) groups excluding carboxylic acids is 3. The van der Waals surface area contributed by atoms with Gasteiger partial charge in [0.15, 0.2) is 5.78 Å². The van der Waals surface area contributed by atoms with Crippen LogP contribution < -0.4 is 5.73 Å². The number of rotatable bonds is 6. The molecule has 0 spiro atoms. The second-order valence-electron chi connectivity index (χ2n) is 8.92. The molecule has 0 radical (unpaired) electrons. The largest absolute Gasteiger partial charge is 0.368 e. The van der Waals surface area contributed by atoms with Crippen LogP contribution >= 0.6 is 34.3 Å². The molecule has 4 atom stereocenters. The third-order valence-corrected chi connectivity index (χ3v) is 9.02. The van der Waals surface area contributed by atoms with Gasteiger partial charge in [-0.15, -0.1) is 22.7 Å². The Kier molecular flexibility index (Phi) is 6.98. The van der Waals surface area contributed by atoms with E-state index in [0.717, 1.165) is 21.4 Å². The number of primary amides is 1. The summed E-state index contributed by atoms with van der Waals surface area (Å²) in [7, 11) is 0. The van der Waals surface area contributed by atoms with Crippen LogP contribution in [-0.2, 0) is 4.79 Å². The predicted molar refractivity (Wildman–Crippen MR) is 144 cm³/mol. The van der Waals surface area contributed by atoms with Crippen molar-refractivity contribution in [3.05, 3.63) is 115 Å². The van der Waals surface area contributed by atoms with Crippen LogP contribution in [0.15, 0.2) is 77.5 Å². The lowest BCUT2D eigenvalue weighted by atomic mass is 9.79. The van der Waals surface area contributed by atoms with E-state index in [1.807, 2.05) is 35.9 Å². The van der Waals surface area contributed by atoms with Gasteiger partial charge in [-0.2, -0.15) is 0 Å². The Labute approximate surface area is 226 Å². The van der Waals surface area contributed by atoms with Crippen LogP contribution in [0.5, 0.6) is 0 Å². The van der Waals surface area contributed by atoms with Gasteiger partial charge in [0.05, 0.1) is 12.0 Å². The molecule has 2 aromatic carbocycles. The molecule has 9 heteroatoms. The topological polar surface area (TPSA) is 80.5 Å². The molecule has 5 rings (SSSR count). The van der Waals surface area contributed by atoms with Crippen molar-refractivity contribution in [2.75, 3.05) is 0 Å². The first-order chi connectivity index (χ1) is 17.8. The quantitative estimate of drug-likeness (QED) is 0.287. The average molecular weight is 553 g/mol. The number of likely N-dealkylation sites (tertiary alicyclic amines) is 1. The monoisotopic (exact) mass is 552 g/mol. The van der Waals surface area contributed by atoms with E-state index in [1.165, 1.54) is 45.8 Å². The molecule has 1 aliphatic heterocycles. The third kappa shape index (κ3) is 4.61. The van der Waals surface area contributed by atoms with E-state index in [2.05, 4.69) is 0 Å². The zero-order chi connectivity index (χ0) is 26.3. The molecule has 0 bridgehead atoms. The minimum atomic E-state index is -1.13. The lowest BCUT2D eigenvalue weighted by molar-refractivity contribution is -0.122. The molecule has 4 unspecified atom stereocenters. The molecule has 1 aliphatic rings. The number of hydrogen-bond donors (Lipinski definition) is 1. The van der Waals surface area contributed by atoms with Crippen molar-refractivity contribution in [3.63, 3.8) is 0 Å². The van der Waals surface area contributed by atoms with Crippen LogP contribution in [0.4, 0.5) is 4.39 Å². The first-order valence-electron chi connectivity index (χ1n) is 11.5. The highest BCUT2D eigenvalue weighted by molar-refractivity contribution is 7.10. The van der Waals surface area contributed by atoms with Crippen molar-refractivity contribution in [3.8, 4) is 0 Å². The van der Waals surface area contributed by atoms with Crippen molar-refractivity contribution >= 4 is 51.9 Å². The number of nitrogens with two attached hydrogens (primary N) is 1. The number of aryl methyl sites for hydroxylation is 1. The molecule has 188 valence electrons. The Balaban J connectivity index is 1.76. The number of Topliss-reactive ketones (excluding diaryl/α,β-unsaturated/α-hetero) is 1. The maximum absolute atomic E-state index is 14.2. The highest BCUT2D eigenvalue weighted by atomic mass is 35.5. The number of thiophene rings is 2. The van der Waals surface area contributed by atoms with Crippen molar-refractivity contribution in [1.82, 2.24) is 4.90 Å². The van der Waals surface area contributed by atoms with E-state index < -0.39 is 41.6 Å². The molecule has 0 saturated carbocycles. The summed E-state index contributed by atoms with van der Waals surface area (Å²) in [6.45, 7) is 1.90. The van der Waals surface area contributed by atoms with Gasteiger partial charge in [-0.1, -0.05) is 35.9 Å². The van der Waals surface area contributed by atoms with Crippen LogP contribution in [0.25, 0.3) is 0 Å². The fourth-order valence-electron chi connectivity index (χ4n) is 5.18. The lowest BCUT2D eigenvalue weighted by Crippen LogP contribution is -2.46. The molecular formula is C28H22ClFN2O3S2. The minimum Gasteiger partial charge on any atom is -0.368 e. The Morgan fingerprint density at radius 2 is 1.70 bits per heavy atom. The van der Waals surface area contributed by atoms with Gasteiger partial charge in [-0.3, -0.25) is 14.4 Å². The van der Waals surface area contributed by atoms with Gasteiger partial charge in [-0.05, 0) is 65.7 Å². The van der Waals surface area contributed by atoms with Gasteiger partial charge in [-0.25, -0.2) is 4.39 Å². The standard InChI is InChI=1S/C28H22ClFN2O3S2/c1-15-10-12-37-26(15)23-22(25(33)16-5-2-7-18(29)13-16)21(20-9-4-11-36-20)24(27(31)34)32(23)28(35)17-6-3-8-19(30)14-17/h2-14,21-24H,1H3,(H2,31,34). The maximum Gasteiger partial charge on any atom is 0.255 e. The number of hydrogen-bond acceptors (Lipinski definition) is 5. The highest BCUT2D eigenvalue weighted by Gasteiger charge is 2.58. The molecular weight excluding hydrogens is 531 g/mol. The SMILES string of the molecule is Cc1ccsc1C1C(C(=O)c2cccc(Cl)c2)C(c2cccs2)C(C(N)=O)N1C(=O)c1cccc(F)c1. The molecule has 1 fully saturated rings. The Morgan fingerprint density at radius 1 is 0.946 bits per heavy atom. The van der Waals surface area contributed by atoms with Gasteiger partial charge in [0, 0.05) is 31.8 Å². The lowest BCUT2D eigenvalue weighted by Gasteiger charge is -2.30. The zero-order valence-corrected chi connectivity index (χ0v) is 22.0. The number of benzene rings is 2. The van der Waals surface area contributed by atoms with E-state index in [4.69, 9.17) is 17.3 Å². The molecule has 37 heavy (non-hydrogen) atoms. The highest BCUT2D eigenvalue weighted by Crippen LogP contribution is 2.54. The predicted octanol–water partition coefficient (Wildman–Crippen LogP) is 6.24. The normalized spacial score (nSPS) is 21.2. The van der Waals surface area contributed by atoms with E-state index >= 15 is 0 Å². The van der Waals surface area contributed by atoms with Gasteiger partial charge < -0.3 is 10.6 Å². The van der Waals surface area contributed by atoms with Gasteiger partial charge >= 0.3 is 0 Å². The summed E-state index contributed by atoms with van der Waals surface area (Å²) in [6, 6.07) is 15.6. The van der Waals surface area contributed by atoms with E-state index in [-0.39, 0.29) is 11.3 Å². The van der Waals surface area contributed by atoms with E-state index in [0.29, 0.717) is 10.6 Å². The number of amides is 2. The molecule has 2 N–H and O–H groups in total. The van der Waals surface area contributed by atoms with Crippen molar-refractivity contribution in [2.45, 2.75) is 24.9 Å². The summed E-state index contributed by atoms with van der Waals surface area (Å²) < 4.78 is 14.1. The average Bonchev–Trinajstić information content (AvgIpc) is 3.61. The van der Waals surface area contributed by atoms with E-state index in [1.54, 1.807) is 24.3 Å². The molecule has 2 aromatic heterocycles. The second kappa shape index (κ2) is 10.2. The zero-order valence-electron chi connectivity index (χ0n) is 19.6. The second-order valence-corrected chi connectivity index (χ2v) is 11.3. The first kappa shape index (κ1) is 25.3. The number of carbonyl (C=O) groups is 3. The third-order valence-electron chi connectivity index (χ3n) is 6.72. The maximum atomic E-state index is 14.2. The first-order valence-corrected chi connectivity index (χ1v) is 13.7. The number of halogens is 2. The van der Waals surface area contributed by atoms with Gasteiger partial charge in [0.25, 0.3) is 5.91 Å². The van der Waals surface area contributed by atoms with Crippen LogP contribution in [0.2, 0.25) is 5.02 Å². The van der Waals surface area contributed by atoms with Crippen LogP contribution in [0.1, 0.15) is 48.0 Å². The molecule has 4 aromatic rings.